The quantitative estimate of drug-likeness (QED) is 0.291. The highest BCUT2D eigenvalue weighted by Crippen LogP contribution is 2.72. The smallest absolute Gasteiger partial charge is 0.344 e. The van der Waals surface area contributed by atoms with Gasteiger partial charge in [-0.3, -0.25) is 4.79 Å². The first-order valence-electron chi connectivity index (χ1n) is 11.0. The summed E-state index contributed by atoms with van der Waals surface area (Å²) in [5.74, 6) is -0.688. The Bertz CT molecular complexity index is 686. The van der Waals surface area contributed by atoms with E-state index in [9.17, 15) is 19.8 Å². The lowest BCUT2D eigenvalue weighted by Gasteiger charge is -2.70. The number of hydrogen-bond donors (Lipinski definition) is 2. The Kier molecular flexibility index (Phi) is 5.90. The molecule has 4 saturated carbocycles. The molecule has 4 rings (SSSR count). The van der Waals surface area contributed by atoms with E-state index in [0.717, 1.165) is 25.7 Å². The van der Waals surface area contributed by atoms with Crippen LogP contribution in [0.2, 0.25) is 0 Å². The maximum absolute atomic E-state index is 12.7. The van der Waals surface area contributed by atoms with Crippen LogP contribution in [0.5, 0.6) is 0 Å². The van der Waals surface area contributed by atoms with Gasteiger partial charge in [0.25, 0.3) is 0 Å². The van der Waals surface area contributed by atoms with Crippen LogP contribution in [0.25, 0.3) is 0 Å². The molecule has 4 bridgehead atoms. The molecule has 0 aromatic rings. The van der Waals surface area contributed by atoms with Crippen LogP contribution in [-0.2, 0) is 19.1 Å². The molecule has 30 heavy (non-hydrogen) atoms. The summed E-state index contributed by atoms with van der Waals surface area (Å²) in [5, 5.41) is 22.2. The average molecular weight is 536 g/mol. The van der Waals surface area contributed by atoms with E-state index < -0.39 is 49.6 Å². The summed E-state index contributed by atoms with van der Waals surface area (Å²) in [6, 6.07) is 0. The molecule has 0 amide bonds. The van der Waals surface area contributed by atoms with Crippen molar-refractivity contribution < 1.29 is 29.3 Å². The molecule has 0 heterocycles. The Morgan fingerprint density at radius 1 is 0.967 bits per heavy atom. The standard InChI is InChI=1S/C23H37IO6/c1-7-20(6,24)17(26)29-11-16(25)30-23-10-15-8-21(13-23,18(2,3)27)12-22(9-15,14-23)19(4,5)28/h15,27-28H,7-14H2,1-6H3. The van der Waals surface area contributed by atoms with Gasteiger partial charge in [0.1, 0.15) is 9.02 Å². The Balaban J connectivity index is 1.82. The molecule has 4 aliphatic rings. The molecular weight excluding hydrogens is 499 g/mol. The van der Waals surface area contributed by atoms with Gasteiger partial charge < -0.3 is 19.7 Å². The van der Waals surface area contributed by atoms with Gasteiger partial charge in [0, 0.05) is 10.8 Å². The lowest BCUT2D eigenvalue weighted by Crippen LogP contribution is -2.70. The SMILES string of the molecule is CCC(C)(I)C(=O)OCC(=O)OC12CC3CC(C(C)(C)O)(C1)CC(C(C)(C)O)(C3)C2. The zero-order valence-electron chi connectivity index (χ0n) is 19.1. The maximum atomic E-state index is 12.7. The zero-order chi connectivity index (χ0) is 22.8. The van der Waals surface area contributed by atoms with E-state index in [0.29, 0.717) is 19.3 Å². The van der Waals surface area contributed by atoms with Gasteiger partial charge in [-0.25, -0.2) is 4.79 Å². The van der Waals surface area contributed by atoms with Crippen molar-refractivity contribution >= 4 is 34.5 Å². The third kappa shape index (κ3) is 4.03. The second-order valence-corrected chi connectivity index (χ2v) is 13.9. The Labute approximate surface area is 193 Å². The van der Waals surface area contributed by atoms with Gasteiger partial charge in [-0.1, -0.05) is 29.5 Å². The van der Waals surface area contributed by atoms with Crippen molar-refractivity contribution in [3.63, 3.8) is 0 Å². The maximum Gasteiger partial charge on any atom is 0.344 e. The summed E-state index contributed by atoms with van der Waals surface area (Å²) in [7, 11) is 0. The summed E-state index contributed by atoms with van der Waals surface area (Å²) in [6.45, 7) is 10.6. The summed E-state index contributed by atoms with van der Waals surface area (Å²) in [5.41, 5.74) is -3.45. The molecule has 0 aliphatic heterocycles. The van der Waals surface area contributed by atoms with E-state index in [1.165, 1.54) is 0 Å². The third-order valence-corrected chi connectivity index (χ3v) is 9.56. The first kappa shape index (κ1) is 24.2. The molecule has 172 valence electrons. The molecule has 0 radical (unpaired) electrons. The van der Waals surface area contributed by atoms with Crippen molar-refractivity contribution in [1.29, 1.82) is 0 Å². The van der Waals surface area contributed by atoms with Gasteiger partial charge in [-0.15, -0.1) is 0 Å². The van der Waals surface area contributed by atoms with Gasteiger partial charge >= 0.3 is 11.9 Å². The van der Waals surface area contributed by atoms with Crippen molar-refractivity contribution in [2.45, 2.75) is 107 Å². The Morgan fingerprint density at radius 2 is 1.47 bits per heavy atom. The van der Waals surface area contributed by atoms with Crippen molar-refractivity contribution in [3.05, 3.63) is 0 Å². The fourth-order valence-electron chi connectivity index (χ4n) is 6.52. The highest BCUT2D eigenvalue weighted by atomic mass is 127. The molecule has 2 N–H and O–H groups in total. The molecular formula is C23H37IO6. The van der Waals surface area contributed by atoms with Crippen LogP contribution in [0.4, 0.5) is 0 Å². The van der Waals surface area contributed by atoms with E-state index in [1.54, 1.807) is 6.92 Å². The highest BCUT2D eigenvalue weighted by Gasteiger charge is 2.71. The normalized spacial score (nSPS) is 37.6. The van der Waals surface area contributed by atoms with E-state index in [1.807, 2.05) is 57.2 Å². The van der Waals surface area contributed by atoms with Crippen molar-refractivity contribution in [2.75, 3.05) is 6.61 Å². The van der Waals surface area contributed by atoms with Crippen LogP contribution in [0.3, 0.4) is 0 Å². The molecule has 0 spiro atoms. The number of rotatable bonds is 7. The number of hydrogen-bond acceptors (Lipinski definition) is 6. The summed E-state index contributed by atoms with van der Waals surface area (Å²) in [4.78, 5) is 25.0. The molecule has 3 unspecified atom stereocenters. The Hall–Kier alpha value is -0.410. The number of alkyl halides is 1. The van der Waals surface area contributed by atoms with E-state index in [-0.39, 0.29) is 5.92 Å². The predicted octanol–water partition coefficient (Wildman–Crippen LogP) is 3.93. The first-order chi connectivity index (χ1) is 13.5. The zero-order valence-corrected chi connectivity index (χ0v) is 21.3. The minimum atomic E-state index is -0.947. The molecule has 7 heteroatoms. The van der Waals surface area contributed by atoms with Gasteiger partial charge in [0.2, 0.25) is 0 Å². The van der Waals surface area contributed by atoms with Gasteiger partial charge in [0.15, 0.2) is 6.61 Å². The lowest BCUT2D eigenvalue weighted by molar-refractivity contribution is -0.286. The van der Waals surface area contributed by atoms with Crippen molar-refractivity contribution in [2.24, 2.45) is 16.7 Å². The van der Waals surface area contributed by atoms with Gasteiger partial charge in [-0.2, -0.15) is 0 Å². The second-order valence-electron chi connectivity index (χ2n) is 11.5. The summed E-state index contributed by atoms with van der Waals surface area (Å²) in [6.07, 6.45) is 4.99. The van der Waals surface area contributed by atoms with Crippen LogP contribution in [0.15, 0.2) is 0 Å². The van der Waals surface area contributed by atoms with E-state index in [4.69, 9.17) is 9.47 Å². The fraction of sp³-hybridized carbons (Fsp3) is 0.913. The van der Waals surface area contributed by atoms with Crippen LogP contribution in [0, 0.1) is 16.7 Å². The molecule has 4 fully saturated rings. The summed E-state index contributed by atoms with van der Waals surface area (Å²) < 4.78 is 10.6. The number of carbonyl (C=O) groups excluding carboxylic acids is 2. The van der Waals surface area contributed by atoms with E-state index >= 15 is 0 Å². The third-order valence-electron chi connectivity index (χ3n) is 8.35. The molecule has 3 atom stereocenters. The van der Waals surface area contributed by atoms with Crippen LogP contribution >= 0.6 is 22.6 Å². The number of carbonyl (C=O) groups is 2. The number of esters is 2. The van der Waals surface area contributed by atoms with Crippen LogP contribution < -0.4 is 0 Å². The topological polar surface area (TPSA) is 93.1 Å². The molecule has 6 nitrogen and oxygen atoms in total. The van der Waals surface area contributed by atoms with Gasteiger partial charge in [-0.05, 0) is 85.5 Å². The lowest BCUT2D eigenvalue weighted by atomic mass is 9.37. The average Bonchev–Trinajstić information content (AvgIpc) is 2.56. The number of ether oxygens (including phenoxy) is 2. The molecule has 0 aromatic carbocycles. The van der Waals surface area contributed by atoms with Gasteiger partial charge in [0.05, 0.1) is 11.2 Å². The van der Waals surface area contributed by atoms with Crippen LogP contribution in [0.1, 0.15) is 86.5 Å². The molecule has 0 saturated heterocycles. The monoisotopic (exact) mass is 536 g/mol. The van der Waals surface area contributed by atoms with Crippen LogP contribution in [-0.4, -0.2) is 49.0 Å². The first-order valence-corrected chi connectivity index (χ1v) is 12.1. The minimum Gasteiger partial charge on any atom is -0.456 e. The summed E-state index contributed by atoms with van der Waals surface area (Å²) >= 11 is 2.04. The largest absolute Gasteiger partial charge is 0.456 e. The molecule has 4 aliphatic carbocycles. The van der Waals surface area contributed by atoms with Crippen molar-refractivity contribution in [1.82, 2.24) is 0 Å². The minimum absolute atomic E-state index is 0.284. The number of aliphatic hydroxyl groups is 2. The highest BCUT2D eigenvalue weighted by molar-refractivity contribution is 14.1. The van der Waals surface area contributed by atoms with E-state index in [2.05, 4.69) is 0 Å². The second kappa shape index (κ2) is 7.30. The fourth-order valence-corrected chi connectivity index (χ4v) is 6.67. The number of halogens is 1. The molecule has 0 aromatic heterocycles. The van der Waals surface area contributed by atoms with Crippen molar-refractivity contribution in [3.8, 4) is 0 Å². The Morgan fingerprint density at radius 3 is 1.90 bits per heavy atom. The predicted molar refractivity (Wildman–Crippen MR) is 121 cm³/mol.